The second-order valence-corrected chi connectivity index (χ2v) is 4.63. The molecule has 0 aliphatic heterocycles. The van der Waals surface area contributed by atoms with Gasteiger partial charge in [0.1, 0.15) is 0 Å². The second kappa shape index (κ2) is 8.60. The fourth-order valence-electron chi connectivity index (χ4n) is 1.49. The third-order valence-corrected chi connectivity index (χ3v) is 2.57. The molecule has 0 aliphatic carbocycles. The molecule has 1 aromatic heterocycles. The van der Waals surface area contributed by atoms with Gasteiger partial charge in [-0.25, -0.2) is 4.98 Å². The first kappa shape index (κ1) is 19.8. The molecule has 1 aromatic rings. The highest BCUT2D eigenvalue weighted by Crippen LogP contribution is 2.18. The Hall–Kier alpha value is -2.20. The normalized spacial score (nSPS) is 12.9. The Morgan fingerprint density at radius 2 is 1.83 bits per heavy atom. The van der Waals surface area contributed by atoms with Crippen molar-refractivity contribution < 1.29 is 31.1 Å². The fraction of sp³-hybridized carbons (Fsp3) is 0.538. The number of ether oxygens (including phenoxy) is 1. The first-order valence-electron chi connectivity index (χ1n) is 6.75. The molecule has 0 aromatic carbocycles. The number of aromatic nitrogens is 1. The molecule has 0 aliphatic rings. The molecule has 0 saturated carbocycles. The van der Waals surface area contributed by atoms with Crippen LogP contribution in [0.15, 0.2) is 23.3 Å². The van der Waals surface area contributed by atoms with Crippen molar-refractivity contribution in [2.45, 2.75) is 25.3 Å². The summed E-state index contributed by atoms with van der Waals surface area (Å²) in [6.45, 7) is -1.59. The molecular formula is C13H16F6N4O. The lowest BCUT2D eigenvalue weighted by atomic mass is 10.3. The van der Waals surface area contributed by atoms with Crippen molar-refractivity contribution in [2.75, 3.05) is 20.2 Å². The third-order valence-electron chi connectivity index (χ3n) is 2.57. The Balaban J connectivity index is 2.40. The highest BCUT2D eigenvalue weighted by atomic mass is 19.4. The Morgan fingerprint density at radius 1 is 1.12 bits per heavy atom. The smallest absolute Gasteiger partial charge is 0.422 e. The summed E-state index contributed by atoms with van der Waals surface area (Å²) in [6.07, 6.45) is -8.42. The standard InChI is InChI=1S/C13H16F6N4O/c1-20-11(21-5-4-12(14,15)16)23-7-9-2-3-10(22-6-9)24-8-13(17,18)19/h2-3,6H,4-5,7-8H2,1H3,(H2,20,21,23). The Kier molecular flexibility index (Phi) is 7.11. The number of alkyl halides is 6. The minimum atomic E-state index is -4.45. The lowest BCUT2D eigenvalue weighted by molar-refractivity contribution is -0.154. The van der Waals surface area contributed by atoms with Gasteiger partial charge in [0, 0.05) is 32.4 Å². The third kappa shape index (κ3) is 9.06. The van der Waals surface area contributed by atoms with Gasteiger partial charge in [-0.2, -0.15) is 26.3 Å². The molecule has 136 valence electrons. The average Bonchev–Trinajstić information content (AvgIpc) is 2.48. The van der Waals surface area contributed by atoms with Crippen molar-refractivity contribution in [3.8, 4) is 5.88 Å². The van der Waals surface area contributed by atoms with Crippen LogP contribution in [0.5, 0.6) is 5.88 Å². The molecule has 2 N–H and O–H groups in total. The molecule has 0 spiro atoms. The van der Waals surface area contributed by atoms with Crippen LogP contribution in [0.3, 0.4) is 0 Å². The maximum absolute atomic E-state index is 12.0. The van der Waals surface area contributed by atoms with Crippen molar-refractivity contribution in [2.24, 2.45) is 4.99 Å². The van der Waals surface area contributed by atoms with Crippen molar-refractivity contribution in [1.82, 2.24) is 15.6 Å². The quantitative estimate of drug-likeness (QED) is 0.466. The Bertz CT molecular complexity index is 527. The minimum Gasteiger partial charge on any atom is -0.468 e. The van der Waals surface area contributed by atoms with E-state index in [0.29, 0.717) is 5.56 Å². The predicted octanol–water partition coefficient (Wildman–Crippen LogP) is 2.64. The lowest BCUT2D eigenvalue weighted by Crippen LogP contribution is -2.38. The van der Waals surface area contributed by atoms with Crippen molar-refractivity contribution in [1.29, 1.82) is 0 Å². The van der Waals surface area contributed by atoms with Gasteiger partial charge < -0.3 is 15.4 Å². The zero-order valence-electron chi connectivity index (χ0n) is 12.6. The van der Waals surface area contributed by atoms with Crippen molar-refractivity contribution >= 4 is 5.96 Å². The summed E-state index contributed by atoms with van der Waals surface area (Å²) in [5, 5.41) is 5.25. The first-order valence-corrected chi connectivity index (χ1v) is 6.75. The van der Waals surface area contributed by atoms with Gasteiger partial charge in [0.05, 0.1) is 6.42 Å². The summed E-state index contributed by atoms with van der Waals surface area (Å²) in [5.41, 5.74) is 0.591. The van der Waals surface area contributed by atoms with Crippen LogP contribution >= 0.6 is 0 Å². The van der Waals surface area contributed by atoms with Crippen LogP contribution in [0.1, 0.15) is 12.0 Å². The maximum Gasteiger partial charge on any atom is 0.422 e. The number of rotatable bonds is 6. The van der Waals surface area contributed by atoms with Crippen LogP contribution in [-0.2, 0) is 6.54 Å². The molecule has 24 heavy (non-hydrogen) atoms. The van der Waals surface area contributed by atoms with Gasteiger partial charge in [0.15, 0.2) is 12.6 Å². The van der Waals surface area contributed by atoms with E-state index in [0.717, 1.165) is 0 Å². The van der Waals surface area contributed by atoms with E-state index in [9.17, 15) is 26.3 Å². The van der Waals surface area contributed by atoms with E-state index in [1.807, 2.05) is 0 Å². The highest BCUT2D eigenvalue weighted by molar-refractivity contribution is 5.79. The van der Waals surface area contributed by atoms with Crippen LogP contribution in [0.25, 0.3) is 0 Å². The summed E-state index contributed by atoms with van der Waals surface area (Å²) in [5.74, 6) is -0.0135. The summed E-state index contributed by atoms with van der Waals surface area (Å²) in [7, 11) is 1.40. The van der Waals surface area contributed by atoms with Gasteiger partial charge >= 0.3 is 12.4 Å². The van der Waals surface area contributed by atoms with Crippen molar-refractivity contribution in [3.63, 3.8) is 0 Å². The zero-order valence-corrected chi connectivity index (χ0v) is 12.6. The number of nitrogens with zero attached hydrogens (tertiary/aromatic N) is 2. The van der Waals surface area contributed by atoms with E-state index < -0.39 is 25.4 Å². The topological polar surface area (TPSA) is 58.5 Å². The molecule has 1 rings (SSSR count). The van der Waals surface area contributed by atoms with Gasteiger partial charge in [0.25, 0.3) is 0 Å². The van der Waals surface area contributed by atoms with E-state index in [-0.39, 0.29) is 24.9 Å². The van der Waals surface area contributed by atoms with E-state index in [1.165, 1.54) is 25.4 Å². The molecule has 11 heteroatoms. The number of hydrogen-bond donors (Lipinski definition) is 2. The number of aliphatic imine (C=N–C) groups is 1. The van der Waals surface area contributed by atoms with Crippen LogP contribution < -0.4 is 15.4 Å². The molecule has 5 nitrogen and oxygen atoms in total. The number of halogens is 6. The number of guanidine groups is 1. The van der Waals surface area contributed by atoms with Crippen LogP contribution in [0, 0.1) is 0 Å². The van der Waals surface area contributed by atoms with E-state index in [4.69, 9.17) is 0 Å². The van der Waals surface area contributed by atoms with Crippen LogP contribution in [0.4, 0.5) is 26.3 Å². The lowest BCUT2D eigenvalue weighted by Gasteiger charge is -2.13. The van der Waals surface area contributed by atoms with Crippen molar-refractivity contribution in [3.05, 3.63) is 23.9 Å². The van der Waals surface area contributed by atoms with Gasteiger partial charge in [0.2, 0.25) is 5.88 Å². The number of pyridine rings is 1. The van der Waals surface area contributed by atoms with Gasteiger partial charge in [-0.1, -0.05) is 6.07 Å². The summed E-state index contributed by atoms with van der Waals surface area (Å²) >= 11 is 0. The zero-order chi connectivity index (χ0) is 18.2. The second-order valence-electron chi connectivity index (χ2n) is 4.63. The molecule has 1 heterocycles. The van der Waals surface area contributed by atoms with E-state index >= 15 is 0 Å². The minimum absolute atomic E-state index is 0.164. The predicted molar refractivity (Wildman–Crippen MR) is 74.7 cm³/mol. The van der Waals surface area contributed by atoms with Crippen LogP contribution in [-0.4, -0.2) is 43.5 Å². The van der Waals surface area contributed by atoms with Gasteiger partial charge in [-0.15, -0.1) is 0 Å². The molecule has 0 radical (unpaired) electrons. The molecular weight excluding hydrogens is 342 g/mol. The monoisotopic (exact) mass is 358 g/mol. The summed E-state index contributed by atoms with van der Waals surface area (Å²) in [4.78, 5) is 7.46. The summed E-state index contributed by atoms with van der Waals surface area (Å²) < 4.78 is 76.6. The Morgan fingerprint density at radius 3 is 2.33 bits per heavy atom. The summed E-state index contributed by atoms with van der Waals surface area (Å²) in [6, 6.07) is 2.75. The largest absolute Gasteiger partial charge is 0.468 e. The fourth-order valence-corrected chi connectivity index (χ4v) is 1.49. The SMILES string of the molecule is CN=C(NCCC(F)(F)F)NCc1ccc(OCC(F)(F)F)nc1. The Labute approximate surface area is 134 Å². The molecule has 0 fully saturated rings. The van der Waals surface area contributed by atoms with E-state index in [2.05, 4.69) is 25.3 Å². The highest BCUT2D eigenvalue weighted by Gasteiger charge is 2.28. The molecule has 0 bridgehead atoms. The molecule has 0 atom stereocenters. The molecule has 0 amide bonds. The average molecular weight is 358 g/mol. The first-order chi connectivity index (χ1) is 11.1. The molecule has 0 unspecified atom stereocenters. The number of nitrogens with one attached hydrogen (secondary N) is 2. The number of hydrogen-bond acceptors (Lipinski definition) is 3. The maximum atomic E-state index is 12.0. The van der Waals surface area contributed by atoms with E-state index in [1.54, 1.807) is 0 Å². The molecule has 0 saturated heterocycles. The van der Waals surface area contributed by atoms with Crippen LogP contribution in [0.2, 0.25) is 0 Å². The van der Waals surface area contributed by atoms with Gasteiger partial charge in [-0.05, 0) is 5.56 Å². The van der Waals surface area contributed by atoms with Gasteiger partial charge in [-0.3, -0.25) is 4.99 Å².